The molecule has 2 aromatic carbocycles. The van der Waals surface area contributed by atoms with Crippen LogP contribution in [0.4, 0.5) is 0 Å². The first-order valence-corrected chi connectivity index (χ1v) is 9.52. The second-order valence-electron chi connectivity index (χ2n) is 6.42. The third-order valence-corrected chi connectivity index (χ3v) is 4.70. The quantitative estimate of drug-likeness (QED) is 0.449. The highest BCUT2D eigenvalue weighted by Crippen LogP contribution is 2.40. The summed E-state index contributed by atoms with van der Waals surface area (Å²) in [7, 11) is 3.54. The van der Waals surface area contributed by atoms with Gasteiger partial charge in [-0.1, -0.05) is 22.9 Å². The molecule has 0 aliphatic rings. The van der Waals surface area contributed by atoms with Crippen LogP contribution in [-0.2, 0) is 13.7 Å². The van der Waals surface area contributed by atoms with Gasteiger partial charge in [-0.15, -0.1) is 5.10 Å². The molecule has 0 radical (unpaired) electrons. The normalized spacial score (nSPS) is 11.2. The van der Waals surface area contributed by atoms with Crippen LogP contribution < -0.4 is 9.47 Å². The Hall–Kier alpha value is -3.65. The molecule has 0 amide bonds. The highest BCUT2D eigenvalue weighted by Gasteiger charge is 2.18. The molecule has 0 aliphatic heterocycles. The molecule has 4 rings (SSSR count). The van der Waals surface area contributed by atoms with Gasteiger partial charge in [-0.2, -0.15) is 5.10 Å². The number of para-hydroxylation sites is 1. The van der Waals surface area contributed by atoms with E-state index in [1.807, 2.05) is 36.4 Å². The van der Waals surface area contributed by atoms with Gasteiger partial charge in [0.2, 0.25) is 0 Å². The van der Waals surface area contributed by atoms with Crippen LogP contribution in [-0.4, -0.2) is 38.5 Å². The predicted molar refractivity (Wildman–Crippen MR) is 114 cm³/mol. The van der Waals surface area contributed by atoms with Gasteiger partial charge in [-0.3, -0.25) is 10.1 Å². The Labute approximate surface area is 178 Å². The number of aromatic nitrogens is 5. The van der Waals surface area contributed by atoms with Crippen LogP contribution in [0.5, 0.6) is 17.2 Å². The van der Waals surface area contributed by atoms with Gasteiger partial charge in [0.25, 0.3) is 0 Å². The van der Waals surface area contributed by atoms with Gasteiger partial charge in [0.05, 0.1) is 23.1 Å². The van der Waals surface area contributed by atoms with Gasteiger partial charge < -0.3 is 9.47 Å². The van der Waals surface area contributed by atoms with Crippen molar-refractivity contribution in [2.24, 2.45) is 12.0 Å². The molecular formula is C21H19ClN6O2. The Balaban J connectivity index is 1.61. The van der Waals surface area contributed by atoms with Crippen molar-refractivity contribution in [2.45, 2.75) is 6.61 Å². The summed E-state index contributed by atoms with van der Waals surface area (Å²) < 4.78 is 13.7. The molecule has 4 aromatic rings. The van der Waals surface area contributed by atoms with E-state index in [0.717, 1.165) is 16.8 Å². The van der Waals surface area contributed by atoms with E-state index in [9.17, 15) is 0 Å². The average molecular weight is 423 g/mol. The van der Waals surface area contributed by atoms with Crippen molar-refractivity contribution >= 4 is 17.8 Å². The van der Waals surface area contributed by atoms with E-state index in [1.54, 1.807) is 43.5 Å². The number of aromatic amines is 1. The van der Waals surface area contributed by atoms with E-state index < -0.39 is 0 Å². The third-order valence-electron chi connectivity index (χ3n) is 4.40. The molecule has 0 spiro atoms. The highest BCUT2D eigenvalue weighted by atomic mass is 35.5. The molecule has 2 heterocycles. The van der Waals surface area contributed by atoms with Crippen LogP contribution in [0.15, 0.2) is 59.9 Å². The summed E-state index contributed by atoms with van der Waals surface area (Å²) >= 11 is 6.44. The Bertz CT molecular complexity index is 1170. The van der Waals surface area contributed by atoms with Crippen LogP contribution in [0.3, 0.4) is 0 Å². The molecule has 0 saturated carbocycles. The van der Waals surface area contributed by atoms with E-state index in [0.29, 0.717) is 28.0 Å². The lowest BCUT2D eigenvalue weighted by Crippen LogP contribution is -2.04. The van der Waals surface area contributed by atoms with Gasteiger partial charge >= 0.3 is 0 Å². The number of halogens is 1. The number of H-pyrrole nitrogens is 1. The first kappa shape index (κ1) is 19.7. The number of benzene rings is 2. The minimum absolute atomic E-state index is 0.269. The van der Waals surface area contributed by atoms with Crippen LogP contribution in [0.25, 0.3) is 11.3 Å². The van der Waals surface area contributed by atoms with Crippen molar-refractivity contribution in [3.8, 4) is 28.5 Å². The fourth-order valence-corrected chi connectivity index (χ4v) is 3.11. The van der Waals surface area contributed by atoms with Crippen molar-refractivity contribution in [3.05, 3.63) is 71.1 Å². The molecule has 0 atom stereocenters. The van der Waals surface area contributed by atoms with E-state index in [4.69, 9.17) is 21.1 Å². The zero-order valence-corrected chi connectivity index (χ0v) is 17.2. The Kier molecular flexibility index (Phi) is 5.76. The van der Waals surface area contributed by atoms with Gasteiger partial charge in [0.1, 0.15) is 23.8 Å². The van der Waals surface area contributed by atoms with E-state index in [1.165, 1.54) is 0 Å². The smallest absolute Gasteiger partial charge is 0.173 e. The number of hydrogen-bond donors (Lipinski definition) is 1. The molecule has 0 aliphatic carbocycles. The molecule has 0 saturated heterocycles. The lowest BCUT2D eigenvalue weighted by molar-refractivity contribution is 0.296. The summed E-state index contributed by atoms with van der Waals surface area (Å²) in [4.78, 5) is 4.01. The first-order valence-electron chi connectivity index (χ1n) is 9.14. The largest absolute Gasteiger partial charge is 0.485 e. The summed E-state index contributed by atoms with van der Waals surface area (Å²) in [5, 5.41) is 15.4. The van der Waals surface area contributed by atoms with Gasteiger partial charge in [-0.25, -0.2) is 4.68 Å². The van der Waals surface area contributed by atoms with E-state index in [2.05, 4.69) is 25.5 Å². The summed E-state index contributed by atoms with van der Waals surface area (Å²) in [6, 6.07) is 13.1. The molecule has 0 fully saturated rings. The zero-order valence-electron chi connectivity index (χ0n) is 16.4. The van der Waals surface area contributed by atoms with Crippen LogP contribution in [0, 0.1) is 0 Å². The Morgan fingerprint density at radius 2 is 2.00 bits per heavy atom. The minimum Gasteiger partial charge on any atom is -0.485 e. The van der Waals surface area contributed by atoms with Crippen molar-refractivity contribution in [1.29, 1.82) is 0 Å². The van der Waals surface area contributed by atoms with E-state index in [-0.39, 0.29) is 6.61 Å². The highest BCUT2D eigenvalue weighted by molar-refractivity contribution is 6.32. The number of ether oxygens (including phenoxy) is 2. The molecule has 30 heavy (non-hydrogen) atoms. The maximum Gasteiger partial charge on any atom is 0.173 e. The van der Waals surface area contributed by atoms with Crippen LogP contribution in [0.1, 0.15) is 11.3 Å². The molecular weight excluding hydrogens is 404 g/mol. The van der Waals surface area contributed by atoms with Crippen molar-refractivity contribution < 1.29 is 9.47 Å². The molecule has 2 aromatic heterocycles. The summed E-state index contributed by atoms with van der Waals surface area (Å²) in [6.07, 6.45) is 5.04. The van der Waals surface area contributed by atoms with Crippen molar-refractivity contribution in [1.82, 2.24) is 25.2 Å². The second-order valence-corrected chi connectivity index (χ2v) is 6.83. The topological polar surface area (TPSA) is 90.2 Å². The van der Waals surface area contributed by atoms with Crippen LogP contribution >= 0.6 is 11.6 Å². The molecule has 0 unspecified atom stereocenters. The third kappa shape index (κ3) is 4.18. The SMILES string of the molecule is C/N=C\c1ccc(Oc2cn[nH]c2-c2cccc(Cl)c2OCc2cnnn2C)cc1. The van der Waals surface area contributed by atoms with Gasteiger partial charge in [0, 0.05) is 25.9 Å². The standard InChI is InChI=1S/C21H19ClN6O2/c1-23-10-14-6-8-16(9-7-14)30-19-12-24-26-20(19)17-4-3-5-18(22)21(17)29-13-15-11-25-27-28(15)2/h3-12H,13H2,1-2H3,(H,24,26)/b23-10-. The van der Waals surface area contributed by atoms with E-state index >= 15 is 0 Å². The summed E-state index contributed by atoms with van der Waals surface area (Å²) in [6.45, 7) is 0.269. The molecule has 152 valence electrons. The number of aryl methyl sites for hydroxylation is 1. The Morgan fingerprint density at radius 3 is 2.73 bits per heavy atom. The minimum atomic E-state index is 0.269. The number of hydrogen-bond acceptors (Lipinski definition) is 6. The maximum absolute atomic E-state index is 6.44. The monoisotopic (exact) mass is 422 g/mol. The first-order chi connectivity index (χ1) is 14.7. The predicted octanol–water partition coefficient (Wildman–Crippen LogP) is 4.28. The van der Waals surface area contributed by atoms with Gasteiger partial charge in [-0.05, 0) is 42.0 Å². The Morgan fingerprint density at radius 1 is 1.17 bits per heavy atom. The molecule has 0 bridgehead atoms. The number of nitrogens with one attached hydrogen (secondary N) is 1. The average Bonchev–Trinajstić information content (AvgIpc) is 3.37. The zero-order chi connectivity index (χ0) is 20.9. The molecule has 1 N–H and O–H groups in total. The number of aliphatic imine (C=N–C) groups is 1. The molecule has 8 nitrogen and oxygen atoms in total. The fourth-order valence-electron chi connectivity index (χ4n) is 2.88. The van der Waals surface area contributed by atoms with Crippen molar-refractivity contribution in [2.75, 3.05) is 7.05 Å². The second kappa shape index (κ2) is 8.79. The maximum atomic E-state index is 6.44. The van der Waals surface area contributed by atoms with Crippen LogP contribution in [0.2, 0.25) is 5.02 Å². The number of rotatable bonds is 7. The van der Waals surface area contributed by atoms with Gasteiger partial charge in [0.15, 0.2) is 5.75 Å². The number of nitrogens with zero attached hydrogens (tertiary/aromatic N) is 5. The lowest BCUT2D eigenvalue weighted by atomic mass is 10.1. The summed E-state index contributed by atoms with van der Waals surface area (Å²) in [5.74, 6) is 1.75. The summed E-state index contributed by atoms with van der Waals surface area (Å²) in [5.41, 5.74) is 3.21. The fraction of sp³-hybridized carbons (Fsp3) is 0.143. The van der Waals surface area contributed by atoms with Crippen molar-refractivity contribution in [3.63, 3.8) is 0 Å². The molecule has 9 heteroatoms. The lowest BCUT2D eigenvalue weighted by Gasteiger charge is -2.13.